The molecule has 2 fully saturated rings. The van der Waals surface area contributed by atoms with Crippen molar-refractivity contribution in [2.24, 2.45) is 17.3 Å². The van der Waals surface area contributed by atoms with Crippen LogP contribution in [0.4, 0.5) is 5.69 Å². The van der Waals surface area contributed by atoms with Gasteiger partial charge >= 0.3 is 5.97 Å². The fourth-order valence-electron chi connectivity index (χ4n) is 4.74. The van der Waals surface area contributed by atoms with Gasteiger partial charge in [0.25, 0.3) is 0 Å². The quantitative estimate of drug-likeness (QED) is 0.423. The average Bonchev–Trinajstić information content (AvgIpc) is 3.17. The second-order valence-corrected chi connectivity index (χ2v) is 11.7. The van der Waals surface area contributed by atoms with Gasteiger partial charge in [0.15, 0.2) is 0 Å². The van der Waals surface area contributed by atoms with E-state index in [-0.39, 0.29) is 28.2 Å². The van der Waals surface area contributed by atoms with Crippen molar-refractivity contribution < 1.29 is 14.7 Å². The van der Waals surface area contributed by atoms with Crippen LogP contribution in [-0.4, -0.2) is 35.1 Å². The molecule has 176 valence electrons. The van der Waals surface area contributed by atoms with Gasteiger partial charge in [-0.2, -0.15) is 0 Å². The van der Waals surface area contributed by atoms with Crippen LogP contribution in [0.25, 0.3) is 0 Å². The number of anilines is 1. The lowest BCUT2D eigenvalue weighted by Crippen LogP contribution is -2.53. The topological polar surface area (TPSA) is 60.9 Å². The molecule has 0 saturated heterocycles. The van der Waals surface area contributed by atoms with Crippen molar-refractivity contribution in [2.75, 3.05) is 12.1 Å². The molecule has 0 aromatic carbocycles. The van der Waals surface area contributed by atoms with Crippen LogP contribution in [0.1, 0.15) is 100 Å². The van der Waals surface area contributed by atoms with Crippen LogP contribution in [-0.2, 0) is 4.79 Å². The molecule has 0 spiro atoms. The number of carbonyl (C=O) groups is 2. The van der Waals surface area contributed by atoms with Gasteiger partial charge in [0.2, 0.25) is 5.91 Å². The molecule has 0 radical (unpaired) electrons. The number of aromatic carboxylic acids is 1. The van der Waals surface area contributed by atoms with Crippen molar-refractivity contribution >= 4 is 28.9 Å². The van der Waals surface area contributed by atoms with Gasteiger partial charge in [-0.1, -0.05) is 38.0 Å². The predicted molar refractivity (Wildman–Crippen MR) is 131 cm³/mol. The number of carboxylic acids is 1. The zero-order valence-electron chi connectivity index (χ0n) is 20.2. The summed E-state index contributed by atoms with van der Waals surface area (Å²) in [5, 5.41) is 13.7. The first-order valence-electron chi connectivity index (χ1n) is 12.0. The van der Waals surface area contributed by atoms with Crippen LogP contribution in [0.15, 0.2) is 6.07 Å². The largest absolute Gasteiger partial charge is 0.477 e. The maximum Gasteiger partial charge on any atom is 0.348 e. The molecule has 0 unspecified atom stereocenters. The first-order chi connectivity index (χ1) is 15.1. The predicted octanol–water partition coefficient (Wildman–Crippen LogP) is 6.18. The third-order valence-corrected chi connectivity index (χ3v) is 7.72. The van der Waals surface area contributed by atoms with Gasteiger partial charge in [0.05, 0.1) is 10.6 Å². The summed E-state index contributed by atoms with van der Waals surface area (Å²) in [5.41, 5.74) is 0.304. The summed E-state index contributed by atoms with van der Waals surface area (Å²) < 4.78 is 0. The maximum atomic E-state index is 13.9. The number of hydrogen-bond donors (Lipinski definition) is 1. The van der Waals surface area contributed by atoms with Crippen LogP contribution in [0, 0.1) is 29.1 Å². The lowest BCUT2D eigenvalue weighted by Gasteiger charge is -2.41. The molecular formula is C26H38N2O3S. The number of thiophene rings is 1. The lowest BCUT2D eigenvalue weighted by molar-refractivity contribution is -0.127. The molecule has 1 aromatic heterocycles. The number of carbonyl (C=O) groups excluding carboxylic acids is 1. The summed E-state index contributed by atoms with van der Waals surface area (Å²) in [6, 6.07) is 2.07. The lowest BCUT2D eigenvalue weighted by atomic mass is 9.82. The van der Waals surface area contributed by atoms with E-state index in [4.69, 9.17) is 0 Å². The monoisotopic (exact) mass is 458 g/mol. The smallest absolute Gasteiger partial charge is 0.348 e. The highest BCUT2D eigenvalue weighted by Gasteiger charge is 2.36. The molecular weight excluding hydrogens is 420 g/mol. The summed E-state index contributed by atoms with van der Waals surface area (Å²) in [6.45, 7) is 8.34. The molecule has 3 rings (SSSR count). The van der Waals surface area contributed by atoms with Crippen molar-refractivity contribution in [3.05, 3.63) is 15.8 Å². The first kappa shape index (κ1) is 24.8. The molecule has 0 aliphatic heterocycles. The molecule has 1 amide bonds. The SMILES string of the molecule is CC1CCC(C(=O)N(c2cc(C#CC(C)(C)C)sc2C(=O)O)N(C)C2CCCCC2)CC1. The maximum absolute atomic E-state index is 13.9. The average molecular weight is 459 g/mol. The van der Waals surface area contributed by atoms with Crippen molar-refractivity contribution in [3.8, 4) is 11.8 Å². The Balaban J connectivity index is 2.01. The van der Waals surface area contributed by atoms with Crippen molar-refractivity contribution in [2.45, 2.75) is 91.5 Å². The third kappa shape index (κ3) is 6.14. The molecule has 1 N–H and O–H groups in total. The van der Waals surface area contributed by atoms with Crippen LogP contribution in [0.3, 0.4) is 0 Å². The zero-order valence-corrected chi connectivity index (χ0v) is 21.1. The van der Waals surface area contributed by atoms with Gasteiger partial charge in [0, 0.05) is 24.4 Å². The number of amides is 1. The summed E-state index contributed by atoms with van der Waals surface area (Å²) in [5.74, 6) is 5.99. The molecule has 2 aliphatic rings. The summed E-state index contributed by atoms with van der Waals surface area (Å²) in [6.07, 6.45) is 9.44. The zero-order chi connectivity index (χ0) is 23.5. The minimum Gasteiger partial charge on any atom is -0.477 e. The molecule has 2 aliphatic carbocycles. The van der Waals surface area contributed by atoms with Gasteiger partial charge in [0.1, 0.15) is 4.88 Å². The standard InChI is InChI=1S/C26H38N2O3S/c1-18-11-13-19(14-12-18)24(29)28(27(5)20-9-7-6-8-10-20)22-17-21(15-16-26(2,3)4)32-23(22)25(30)31/h17-20H,6-14H2,1-5H3,(H,30,31). The number of nitrogens with zero attached hydrogens (tertiary/aromatic N) is 2. The highest BCUT2D eigenvalue weighted by molar-refractivity contribution is 7.15. The molecule has 0 atom stereocenters. The number of hydrazine groups is 1. The van der Waals surface area contributed by atoms with E-state index >= 15 is 0 Å². The molecule has 0 bridgehead atoms. The van der Waals surface area contributed by atoms with E-state index in [0.717, 1.165) is 51.4 Å². The first-order valence-corrected chi connectivity index (χ1v) is 12.9. The van der Waals surface area contributed by atoms with Crippen molar-refractivity contribution in [3.63, 3.8) is 0 Å². The number of carboxylic acid groups (broad SMARTS) is 1. The Labute approximate surface area is 197 Å². The summed E-state index contributed by atoms with van der Waals surface area (Å²) in [7, 11) is 1.96. The molecule has 6 heteroatoms. The number of rotatable bonds is 5. The van der Waals surface area contributed by atoms with Crippen LogP contribution in [0.5, 0.6) is 0 Å². The molecule has 5 nitrogen and oxygen atoms in total. The van der Waals surface area contributed by atoms with E-state index in [1.807, 2.05) is 38.9 Å². The van der Waals surface area contributed by atoms with Crippen LogP contribution in [0.2, 0.25) is 0 Å². The second kappa shape index (κ2) is 10.4. The van der Waals surface area contributed by atoms with Gasteiger partial charge in [-0.05, 0) is 71.3 Å². The Morgan fingerprint density at radius 2 is 1.69 bits per heavy atom. The Morgan fingerprint density at radius 1 is 1.06 bits per heavy atom. The van der Waals surface area contributed by atoms with E-state index in [2.05, 4.69) is 18.8 Å². The normalized spacial score (nSPS) is 22.3. The Hall–Kier alpha value is -1.84. The molecule has 32 heavy (non-hydrogen) atoms. The van der Waals surface area contributed by atoms with Gasteiger partial charge in [-0.25, -0.2) is 14.8 Å². The van der Waals surface area contributed by atoms with E-state index in [9.17, 15) is 14.7 Å². The third-order valence-electron chi connectivity index (χ3n) is 6.69. The van der Waals surface area contributed by atoms with Crippen molar-refractivity contribution in [1.82, 2.24) is 5.01 Å². The minimum atomic E-state index is -0.999. The van der Waals surface area contributed by atoms with E-state index in [1.165, 1.54) is 17.8 Å². The van der Waals surface area contributed by atoms with Crippen molar-refractivity contribution in [1.29, 1.82) is 0 Å². The molecule has 1 aromatic rings. The highest BCUT2D eigenvalue weighted by atomic mass is 32.1. The molecule has 1 heterocycles. The Kier molecular flexibility index (Phi) is 8.06. The van der Waals surface area contributed by atoms with Gasteiger partial charge in [-0.15, -0.1) is 11.3 Å². The van der Waals surface area contributed by atoms with E-state index in [1.54, 1.807) is 5.01 Å². The fraction of sp³-hybridized carbons (Fsp3) is 0.692. The minimum absolute atomic E-state index is 0.0422. The van der Waals surface area contributed by atoms with Crippen LogP contribution < -0.4 is 5.01 Å². The number of hydrogen-bond acceptors (Lipinski definition) is 4. The summed E-state index contributed by atoms with van der Waals surface area (Å²) in [4.78, 5) is 26.9. The summed E-state index contributed by atoms with van der Waals surface area (Å²) >= 11 is 1.17. The van der Waals surface area contributed by atoms with Gasteiger partial charge < -0.3 is 5.11 Å². The molecule has 2 saturated carbocycles. The van der Waals surface area contributed by atoms with Gasteiger partial charge in [-0.3, -0.25) is 4.79 Å². The Morgan fingerprint density at radius 3 is 2.25 bits per heavy atom. The second-order valence-electron chi connectivity index (χ2n) is 10.6. The Bertz CT molecular complexity index is 875. The van der Waals surface area contributed by atoms with E-state index < -0.39 is 5.97 Å². The van der Waals surface area contributed by atoms with E-state index in [0.29, 0.717) is 16.5 Å². The van der Waals surface area contributed by atoms with Crippen LogP contribution >= 0.6 is 11.3 Å². The fourth-order valence-corrected chi connectivity index (χ4v) is 5.57. The highest BCUT2D eigenvalue weighted by Crippen LogP contribution is 2.37.